The molecule has 1 heterocycles. The van der Waals surface area contributed by atoms with E-state index in [-0.39, 0.29) is 31.2 Å². The lowest BCUT2D eigenvalue weighted by Crippen LogP contribution is -2.15. The van der Waals surface area contributed by atoms with Crippen LogP contribution in [0.2, 0.25) is 0 Å². The maximum Gasteiger partial charge on any atom is 0.305 e. The molecule has 0 saturated carbocycles. The molecule has 0 radical (unpaired) electrons. The predicted octanol–water partition coefficient (Wildman–Crippen LogP) is 1.40. The molecule has 80 valence electrons. The van der Waals surface area contributed by atoms with Gasteiger partial charge in [-0.2, -0.15) is 0 Å². The Labute approximate surface area is 94.3 Å². The number of carboxylic acids is 1. The number of rotatable bonds is 3. The van der Waals surface area contributed by atoms with Crippen LogP contribution in [0.25, 0.3) is 0 Å². The van der Waals surface area contributed by atoms with E-state index in [2.05, 4.69) is 4.98 Å². The molecule has 6 heteroatoms. The van der Waals surface area contributed by atoms with Gasteiger partial charge >= 0.3 is 5.97 Å². The minimum atomic E-state index is -0.909. The van der Waals surface area contributed by atoms with E-state index >= 15 is 0 Å². The van der Waals surface area contributed by atoms with Gasteiger partial charge in [0.1, 0.15) is 0 Å². The monoisotopic (exact) mass is 238 g/mol. The van der Waals surface area contributed by atoms with Crippen LogP contribution in [0.3, 0.4) is 0 Å². The average molecular weight is 239 g/mol. The first kappa shape index (κ1) is 15.6. The van der Waals surface area contributed by atoms with Crippen LogP contribution in [0.1, 0.15) is 18.2 Å². The Morgan fingerprint density at radius 2 is 2.14 bits per heavy atom. The summed E-state index contributed by atoms with van der Waals surface area (Å²) in [7, 11) is 0. The Morgan fingerprint density at radius 1 is 1.50 bits per heavy atom. The van der Waals surface area contributed by atoms with E-state index in [1.807, 2.05) is 0 Å². The fourth-order valence-electron chi connectivity index (χ4n) is 0.888. The zero-order valence-corrected chi connectivity index (χ0v) is 8.92. The lowest BCUT2D eigenvalue weighted by atomic mass is 10.1. The Morgan fingerprint density at radius 3 is 2.57 bits per heavy atom. The van der Waals surface area contributed by atoms with Gasteiger partial charge in [0.05, 0.1) is 18.2 Å². The molecule has 3 N–H and O–H groups in total. The van der Waals surface area contributed by atoms with E-state index in [0.717, 1.165) is 0 Å². The van der Waals surface area contributed by atoms with Gasteiger partial charge < -0.3 is 10.8 Å². The highest BCUT2D eigenvalue weighted by Gasteiger charge is 2.10. The van der Waals surface area contributed by atoms with Gasteiger partial charge in [0.2, 0.25) is 0 Å². The van der Waals surface area contributed by atoms with Crippen molar-refractivity contribution in [1.82, 2.24) is 4.98 Å². The summed E-state index contributed by atoms with van der Waals surface area (Å²) in [5.41, 5.74) is 6.16. The summed E-state index contributed by atoms with van der Waals surface area (Å²) < 4.78 is 0. The third-order valence-corrected chi connectivity index (χ3v) is 1.46. The summed E-state index contributed by atoms with van der Waals surface area (Å²) in [5, 5.41) is 8.44. The molecule has 0 spiro atoms. The van der Waals surface area contributed by atoms with Gasteiger partial charge in [-0.1, -0.05) is 6.07 Å². The Kier molecular flexibility index (Phi) is 8.43. The molecule has 0 aliphatic rings. The third kappa shape index (κ3) is 5.01. The molecule has 0 fully saturated rings. The van der Waals surface area contributed by atoms with Crippen molar-refractivity contribution >= 4 is 30.8 Å². The van der Waals surface area contributed by atoms with Crippen molar-refractivity contribution in [3.05, 3.63) is 30.1 Å². The third-order valence-electron chi connectivity index (χ3n) is 1.46. The molecule has 1 atom stereocenters. The smallest absolute Gasteiger partial charge is 0.305 e. The van der Waals surface area contributed by atoms with Crippen LogP contribution in [0, 0.1) is 0 Å². The van der Waals surface area contributed by atoms with E-state index in [1.54, 1.807) is 24.4 Å². The lowest BCUT2D eigenvalue weighted by Gasteiger charge is -2.06. The van der Waals surface area contributed by atoms with E-state index in [0.29, 0.717) is 5.69 Å². The summed E-state index contributed by atoms with van der Waals surface area (Å²) >= 11 is 0. The van der Waals surface area contributed by atoms with Gasteiger partial charge in [0.25, 0.3) is 0 Å². The molecule has 0 aliphatic heterocycles. The zero-order chi connectivity index (χ0) is 8.97. The molecule has 0 unspecified atom stereocenters. The first-order valence-electron chi connectivity index (χ1n) is 3.58. The number of hydrogen-bond donors (Lipinski definition) is 2. The molecule has 0 saturated heterocycles. The molecular formula is C8H12Cl2N2O2. The van der Waals surface area contributed by atoms with Crippen molar-refractivity contribution in [2.24, 2.45) is 5.73 Å². The van der Waals surface area contributed by atoms with Crippen LogP contribution in [0.5, 0.6) is 0 Å². The van der Waals surface area contributed by atoms with Crippen LogP contribution < -0.4 is 5.73 Å². The van der Waals surface area contributed by atoms with Crippen LogP contribution in [-0.2, 0) is 4.79 Å². The second-order valence-electron chi connectivity index (χ2n) is 2.46. The zero-order valence-electron chi connectivity index (χ0n) is 7.29. The normalized spacial score (nSPS) is 10.6. The van der Waals surface area contributed by atoms with Crippen molar-refractivity contribution in [1.29, 1.82) is 0 Å². The number of aromatic nitrogens is 1. The van der Waals surface area contributed by atoms with Crippen LogP contribution in [-0.4, -0.2) is 16.1 Å². The SMILES string of the molecule is Cl.Cl.N[C@@H](CC(=O)O)c1ccccn1. The molecule has 1 aromatic rings. The summed E-state index contributed by atoms with van der Waals surface area (Å²) in [4.78, 5) is 14.2. The van der Waals surface area contributed by atoms with Crippen molar-refractivity contribution in [3.63, 3.8) is 0 Å². The first-order chi connectivity index (χ1) is 5.70. The number of nitrogens with two attached hydrogens (primary N) is 1. The number of pyridine rings is 1. The maximum absolute atomic E-state index is 10.3. The van der Waals surface area contributed by atoms with Crippen molar-refractivity contribution in [2.45, 2.75) is 12.5 Å². The number of carbonyl (C=O) groups is 1. The fourth-order valence-corrected chi connectivity index (χ4v) is 0.888. The van der Waals surface area contributed by atoms with Gasteiger partial charge in [-0.25, -0.2) is 0 Å². The van der Waals surface area contributed by atoms with Gasteiger partial charge in [-0.3, -0.25) is 9.78 Å². The Hall–Kier alpha value is -0.840. The molecule has 0 bridgehead atoms. The number of aliphatic carboxylic acids is 1. The van der Waals surface area contributed by atoms with E-state index in [1.165, 1.54) is 0 Å². The molecule has 0 aliphatic carbocycles. The molecule has 0 aromatic carbocycles. The second kappa shape index (κ2) is 7.55. The topological polar surface area (TPSA) is 76.2 Å². The summed E-state index contributed by atoms with van der Waals surface area (Å²) in [5.74, 6) is -0.909. The van der Waals surface area contributed by atoms with E-state index in [9.17, 15) is 4.79 Å². The Bertz CT molecular complexity index is 269. The predicted molar refractivity (Wildman–Crippen MR) is 57.9 cm³/mol. The lowest BCUT2D eigenvalue weighted by molar-refractivity contribution is -0.137. The van der Waals surface area contributed by atoms with E-state index in [4.69, 9.17) is 10.8 Å². The maximum atomic E-state index is 10.3. The van der Waals surface area contributed by atoms with Crippen LogP contribution in [0.15, 0.2) is 24.4 Å². The minimum absolute atomic E-state index is 0. The van der Waals surface area contributed by atoms with E-state index < -0.39 is 12.0 Å². The summed E-state index contributed by atoms with van der Waals surface area (Å²) in [6, 6.07) is 4.75. The highest BCUT2D eigenvalue weighted by Crippen LogP contribution is 2.09. The molecule has 1 aromatic heterocycles. The van der Waals surface area contributed by atoms with Crippen LogP contribution in [0.4, 0.5) is 0 Å². The number of nitrogens with zero attached hydrogens (tertiary/aromatic N) is 1. The van der Waals surface area contributed by atoms with Gasteiger partial charge in [-0.05, 0) is 12.1 Å². The van der Waals surface area contributed by atoms with Crippen LogP contribution >= 0.6 is 24.8 Å². The average Bonchev–Trinajstić information content (AvgIpc) is 2.05. The number of hydrogen-bond acceptors (Lipinski definition) is 3. The standard InChI is InChI=1S/C8H10N2O2.2ClH/c9-6(5-8(11)12)7-3-1-2-4-10-7;;/h1-4,6H,5,9H2,(H,11,12);2*1H/t6-;;/m0../s1. The highest BCUT2D eigenvalue weighted by molar-refractivity contribution is 5.85. The molecule has 1 rings (SSSR count). The van der Waals surface area contributed by atoms with Gasteiger partial charge in [0.15, 0.2) is 0 Å². The van der Waals surface area contributed by atoms with Crippen molar-refractivity contribution in [3.8, 4) is 0 Å². The second-order valence-corrected chi connectivity index (χ2v) is 2.46. The summed E-state index contributed by atoms with van der Waals surface area (Å²) in [6.07, 6.45) is 1.51. The fraction of sp³-hybridized carbons (Fsp3) is 0.250. The minimum Gasteiger partial charge on any atom is -0.481 e. The quantitative estimate of drug-likeness (QED) is 0.835. The molecule has 14 heavy (non-hydrogen) atoms. The molecule has 0 amide bonds. The number of carboxylic acid groups (broad SMARTS) is 1. The first-order valence-corrected chi connectivity index (χ1v) is 3.58. The van der Waals surface area contributed by atoms with Crippen molar-refractivity contribution in [2.75, 3.05) is 0 Å². The Balaban J connectivity index is 0. The van der Waals surface area contributed by atoms with Gasteiger partial charge in [0, 0.05) is 6.20 Å². The highest BCUT2D eigenvalue weighted by atomic mass is 35.5. The van der Waals surface area contributed by atoms with Crippen molar-refractivity contribution < 1.29 is 9.90 Å². The number of halogens is 2. The molecule has 4 nitrogen and oxygen atoms in total. The molecular weight excluding hydrogens is 227 g/mol. The van der Waals surface area contributed by atoms with Gasteiger partial charge in [-0.15, -0.1) is 24.8 Å². The summed E-state index contributed by atoms with van der Waals surface area (Å²) in [6.45, 7) is 0. The largest absolute Gasteiger partial charge is 0.481 e.